The van der Waals surface area contributed by atoms with Gasteiger partial charge in [0.1, 0.15) is 6.29 Å². The molecule has 100 valence electrons. The Morgan fingerprint density at radius 2 is 2.26 bits per heavy atom. The van der Waals surface area contributed by atoms with E-state index in [2.05, 4.69) is 21.2 Å². The van der Waals surface area contributed by atoms with Crippen molar-refractivity contribution in [3.63, 3.8) is 0 Å². The number of benzene rings is 1. The Balaban J connectivity index is 2.15. The molecule has 19 heavy (non-hydrogen) atoms. The molecule has 0 radical (unpaired) electrons. The van der Waals surface area contributed by atoms with Gasteiger partial charge < -0.3 is 15.0 Å². The van der Waals surface area contributed by atoms with Crippen molar-refractivity contribution in [1.82, 2.24) is 9.88 Å². The van der Waals surface area contributed by atoms with Crippen LogP contribution in [0.4, 0.5) is 4.79 Å². The van der Waals surface area contributed by atoms with Crippen molar-refractivity contribution in [2.45, 2.75) is 13.0 Å². The Labute approximate surface area is 118 Å². The summed E-state index contributed by atoms with van der Waals surface area (Å²) in [6.07, 6.45) is 2.46. The van der Waals surface area contributed by atoms with Crippen LogP contribution in [0.25, 0.3) is 10.9 Å². The molecule has 2 aromatic rings. The Bertz CT molecular complexity index is 622. The number of hydrogen-bond donors (Lipinski definition) is 2. The number of fused-ring (bicyclic) bond motifs is 1. The van der Waals surface area contributed by atoms with Gasteiger partial charge in [-0.25, -0.2) is 4.79 Å². The van der Waals surface area contributed by atoms with Crippen molar-refractivity contribution in [2.24, 2.45) is 0 Å². The number of aryl methyl sites for hydroxylation is 1. The first kappa shape index (κ1) is 13.6. The number of nitrogens with one attached hydrogen (secondary N) is 1. The average Bonchev–Trinajstić information content (AvgIpc) is 2.71. The van der Waals surface area contributed by atoms with Crippen LogP contribution in [0.15, 0.2) is 28.9 Å². The van der Waals surface area contributed by atoms with Crippen molar-refractivity contribution >= 4 is 39.2 Å². The molecule has 0 saturated heterocycles. The molecular weight excluding hydrogens is 312 g/mol. The average molecular weight is 325 g/mol. The lowest BCUT2D eigenvalue weighted by Crippen LogP contribution is -2.22. The normalized spacial score (nSPS) is 10.6. The Kier molecular flexibility index (Phi) is 4.21. The van der Waals surface area contributed by atoms with E-state index in [9.17, 15) is 9.59 Å². The summed E-state index contributed by atoms with van der Waals surface area (Å²) in [5, 5.41) is 11.8. The van der Waals surface area contributed by atoms with Gasteiger partial charge in [-0.2, -0.15) is 0 Å². The minimum absolute atomic E-state index is 0.416. The number of nitrogens with zero attached hydrogens (tertiary/aromatic N) is 1. The van der Waals surface area contributed by atoms with E-state index in [1.807, 2.05) is 22.9 Å². The SMILES string of the molecule is O=Cc1ccc2c(c1)c(Br)cn2CCCNC(=O)O. The standard InChI is InChI=1S/C13H13BrN2O3/c14-11-7-16(5-1-4-15-13(18)19)12-3-2-9(8-17)6-10(11)12/h2-3,6-8,15H,1,4-5H2,(H,18,19). The molecular formula is C13H13BrN2O3. The lowest BCUT2D eigenvalue weighted by Gasteiger charge is -2.05. The summed E-state index contributed by atoms with van der Waals surface area (Å²) >= 11 is 3.47. The fraction of sp³-hybridized carbons (Fsp3) is 0.231. The number of hydrogen-bond acceptors (Lipinski definition) is 2. The Morgan fingerprint density at radius 3 is 2.95 bits per heavy atom. The van der Waals surface area contributed by atoms with Crippen molar-refractivity contribution in [3.05, 3.63) is 34.4 Å². The zero-order valence-corrected chi connectivity index (χ0v) is 11.7. The molecule has 0 spiro atoms. The third kappa shape index (κ3) is 3.14. The molecule has 0 aliphatic heterocycles. The number of halogens is 1. The monoisotopic (exact) mass is 324 g/mol. The van der Waals surface area contributed by atoms with Crippen LogP contribution in [0.5, 0.6) is 0 Å². The molecule has 1 aromatic carbocycles. The number of aldehydes is 1. The van der Waals surface area contributed by atoms with Gasteiger partial charge in [0.15, 0.2) is 0 Å². The quantitative estimate of drug-likeness (QED) is 0.656. The molecule has 0 aliphatic carbocycles. The number of amides is 1. The molecule has 0 fully saturated rings. The van der Waals surface area contributed by atoms with Gasteiger partial charge in [-0.15, -0.1) is 0 Å². The molecule has 0 aliphatic rings. The highest BCUT2D eigenvalue weighted by Gasteiger charge is 2.07. The van der Waals surface area contributed by atoms with Gasteiger partial charge in [-0.1, -0.05) is 0 Å². The summed E-state index contributed by atoms with van der Waals surface area (Å²) in [5.41, 5.74) is 1.66. The maximum atomic E-state index is 10.8. The smallest absolute Gasteiger partial charge is 0.404 e. The Morgan fingerprint density at radius 1 is 1.47 bits per heavy atom. The summed E-state index contributed by atoms with van der Waals surface area (Å²) in [5.74, 6) is 0. The van der Waals surface area contributed by atoms with Gasteiger partial charge in [0.25, 0.3) is 0 Å². The number of rotatable bonds is 5. The first-order valence-electron chi connectivity index (χ1n) is 5.82. The predicted molar refractivity (Wildman–Crippen MR) is 75.7 cm³/mol. The molecule has 0 bridgehead atoms. The van der Waals surface area contributed by atoms with Gasteiger partial charge in [0.05, 0.1) is 0 Å². The summed E-state index contributed by atoms with van der Waals surface area (Å²) in [6, 6.07) is 5.50. The lowest BCUT2D eigenvalue weighted by atomic mass is 10.2. The number of carbonyl (C=O) groups is 2. The fourth-order valence-electron chi connectivity index (χ4n) is 1.97. The minimum atomic E-state index is -1.01. The van der Waals surface area contributed by atoms with Crippen LogP contribution in [-0.2, 0) is 6.54 Å². The van der Waals surface area contributed by atoms with E-state index < -0.39 is 6.09 Å². The molecule has 6 heteroatoms. The zero-order valence-electron chi connectivity index (χ0n) is 10.1. The summed E-state index contributed by atoms with van der Waals surface area (Å²) < 4.78 is 2.97. The highest BCUT2D eigenvalue weighted by molar-refractivity contribution is 9.10. The maximum absolute atomic E-state index is 10.8. The van der Waals surface area contributed by atoms with Crippen molar-refractivity contribution in [3.8, 4) is 0 Å². The fourth-order valence-corrected chi connectivity index (χ4v) is 2.54. The van der Waals surface area contributed by atoms with Crippen molar-refractivity contribution < 1.29 is 14.7 Å². The highest BCUT2D eigenvalue weighted by Crippen LogP contribution is 2.27. The number of carboxylic acid groups (broad SMARTS) is 1. The predicted octanol–water partition coefficient (Wildman–Crippen LogP) is 2.87. The zero-order chi connectivity index (χ0) is 13.8. The third-order valence-electron chi connectivity index (χ3n) is 2.84. The van der Waals surface area contributed by atoms with Gasteiger partial charge >= 0.3 is 6.09 Å². The third-order valence-corrected chi connectivity index (χ3v) is 3.48. The van der Waals surface area contributed by atoms with Gasteiger partial charge in [0, 0.05) is 40.2 Å². The highest BCUT2D eigenvalue weighted by atomic mass is 79.9. The summed E-state index contributed by atoms with van der Waals surface area (Å²) in [4.78, 5) is 21.1. The first-order chi connectivity index (χ1) is 9.11. The van der Waals surface area contributed by atoms with E-state index in [4.69, 9.17) is 5.11 Å². The van der Waals surface area contributed by atoms with Gasteiger partial charge in [0.2, 0.25) is 0 Å². The van der Waals surface area contributed by atoms with E-state index in [0.717, 1.165) is 21.7 Å². The molecule has 0 atom stereocenters. The Hall–Kier alpha value is -1.82. The van der Waals surface area contributed by atoms with E-state index >= 15 is 0 Å². The first-order valence-corrected chi connectivity index (χ1v) is 6.61. The van der Waals surface area contributed by atoms with E-state index in [1.165, 1.54) is 0 Å². The van der Waals surface area contributed by atoms with Crippen molar-refractivity contribution in [2.75, 3.05) is 6.54 Å². The van der Waals surface area contributed by atoms with E-state index in [1.54, 1.807) is 6.07 Å². The summed E-state index contributed by atoms with van der Waals surface area (Å²) in [6.45, 7) is 1.13. The molecule has 1 aromatic heterocycles. The molecule has 2 N–H and O–H groups in total. The van der Waals surface area contributed by atoms with Crippen LogP contribution in [-0.4, -0.2) is 28.6 Å². The maximum Gasteiger partial charge on any atom is 0.404 e. The lowest BCUT2D eigenvalue weighted by molar-refractivity contribution is 0.112. The molecule has 0 unspecified atom stereocenters. The van der Waals surface area contributed by atoms with Crippen LogP contribution >= 0.6 is 15.9 Å². The summed E-state index contributed by atoms with van der Waals surface area (Å²) in [7, 11) is 0. The van der Waals surface area contributed by atoms with E-state index in [-0.39, 0.29) is 0 Å². The van der Waals surface area contributed by atoms with Crippen LogP contribution in [0.3, 0.4) is 0 Å². The molecule has 1 heterocycles. The second-order valence-electron chi connectivity index (χ2n) is 4.15. The number of aromatic nitrogens is 1. The number of carbonyl (C=O) groups excluding carboxylic acids is 1. The van der Waals surface area contributed by atoms with Crippen LogP contribution < -0.4 is 5.32 Å². The van der Waals surface area contributed by atoms with Crippen LogP contribution in [0.1, 0.15) is 16.8 Å². The van der Waals surface area contributed by atoms with Gasteiger partial charge in [-0.3, -0.25) is 4.79 Å². The molecule has 2 rings (SSSR count). The minimum Gasteiger partial charge on any atom is -0.465 e. The molecule has 0 saturated carbocycles. The second kappa shape index (κ2) is 5.88. The largest absolute Gasteiger partial charge is 0.465 e. The molecule has 5 nitrogen and oxygen atoms in total. The van der Waals surface area contributed by atoms with E-state index in [0.29, 0.717) is 25.1 Å². The van der Waals surface area contributed by atoms with Gasteiger partial charge in [-0.05, 0) is 40.5 Å². The molecule has 1 amide bonds. The van der Waals surface area contributed by atoms with Crippen LogP contribution in [0.2, 0.25) is 0 Å². The van der Waals surface area contributed by atoms with Crippen LogP contribution in [0, 0.1) is 0 Å². The van der Waals surface area contributed by atoms with Crippen molar-refractivity contribution in [1.29, 1.82) is 0 Å². The second-order valence-corrected chi connectivity index (χ2v) is 5.00. The topological polar surface area (TPSA) is 71.3 Å².